The average Bonchev–Trinajstić information content (AvgIpc) is 3.43. The minimum Gasteiger partial charge on any atom is -0.436 e. The van der Waals surface area contributed by atoms with Gasteiger partial charge in [0.15, 0.2) is 11.0 Å². The largest absolute Gasteiger partial charge is 0.436 e. The Hall–Kier alpha value is -3.36. The van der Waals surface area contributed by atoms with Crippen molar-refractivity contribution >= 4 is 38.6 Å². The standard InChI is InChI=1S/C23H25N5O2S/c1-2-13-25-22(21(24)28-14-5-6-17(28)15-29)30-18-11-9-16(10-12-18)26-23-27-19-7-3-4-8-20(19)31-23/h2-4,7-13,17,29H,1,5-6,14-15,24H2,(H,26,27)/b22-21-,25-13?/t17-/m0/s1. The van der Waals surface area contributed by atoms with Crippen molar-refractivity contribution in [3.05, 3.63) is 72.9 Å². The van der Waals surface area contributed by atoms with Crippen LogP contribution in [0.4, 0.5) is 10.8 Å². The van der Waals surface area contributed by atoms with Crippen LogP contribution >= 0.6 is 11.3 Å². The molecule has 8 heteroatoms. The van der Waals surface area contributed by atoms with Gasteiger partial charge in [0.05, 0.1) is 22.9 Å². The summed E-state index contributed by atoms with van der Waals surface area (Å²) in [7, 11) is 0. The van der Waals surface area contributed by atoms with Gasteiger partial charge in [0.1, 0.15) is 5.75 Å². The molecule has 2 heterocycles. The van der Waals surface area contributed by atoms with Crippen LogP contribution in [0, 0.1) is 0 Å². The molecule has 1 aromatic heterocycles. The number of likely N-dealkylation sites (tertiary alicyclic amines) is 1. The Labute approximate surface area is 185 Å². The van der Waals surface area contributed by atoms with Gasteiger partial charge in [0.25, 0.3) is 5.88 Å². The van der Waals surface area contributed by atoms with E-state index in [0.717, 1.165) is 40.4 Å². The molecule has 1 fully saturated rings. The fourth-order valence-electron chi connectivity index (χ4n) is 3.50. The number of allylic oxidation sites excluding steroid dienone is 1. The molecule has 3 aromatic rings. The predicted octanol–water partition coefficient (Wildman–Crippen LogP) is 4.22. The number of aliphatic imine (C=N–C) groups is 1. The summed E-state index contributed by atoms with van der Waals surface area (Å²) in [4.78, 5) is 10.8. The molecule has 0 radical (unpaired) electrons. The number of anilines is 2. The molecule has 0 unspecified atom stereocenters. The number of para-hydroxylation sites is 1. The van der Waals surface area contributed by atoms with Crippen LogP contribution in [0.25, 0.3) is 10.2 Å². The molecule has 0 aliphatic carbocycles. The van der Waals surface area contributed by atoms with E-state index in [2.05, 4.69) is 27.9 Å². The second-order valence-corrected chi connectivity index (χ2v) is 8.15. The smallest absolute Gasteiger partial charge is 0.260 e. The topological polar surface area (TPSA) is 96.0 Å². The molecule has 0 amide bonds. The summed E-state index contributed by atoms with van der Waals surface area (Å²) < 4.78 is 7.12. The number of hydrogen-bond acceptors (Lipinski definition) is 8. The molecule has 7 nitrogen and oxygen atoms in total. The van der Waals surface area contributed by atoms with Gasteiger partial charge < -0.3 is 25.8 Å². The van der Waals surface area contributed by atoms with Crippen molar-refractivity contribution in [2.24, 2.45) is 10.7 Å². The molecule has 160 valence electrons. The summed E-state index contributed by atoms with van der Waals surface area (Å²) in [6, 6.07) is 15.5. The summed E-state index contributed by atoms with van der Waals surface area (Å²) in [6.45, 7) is 4.47. The Bertz CT molecular complexity index is 1070. The summed E-state index contributed by atoms with van der Waals surface area (Å²) >= 11 is 1.60. The van der Waals surface area contributed by atoms with Crippen LogP contribution in [0.5, 0.6) is 5.75 Å². The number of ether oxygens (including phenoxy) is 1. The summed E-state index contributed by atoms with van der Waals surface area (Å²) in [5, 5.41) is 13.8. The Morgan fingerprint density at radius 1 is 1.32 bits per heavy atom. The van der Waals surface area contributed by atoms with Crippen LogP contribution in [0.1, 0.15) is 12.8 Å². The third kappa shape index (κ3) is 4.87. The van der Waals surface area contributed by atoms with Gasteiger partial charge in [-0.2, -0.15) is 0 Å². The highest BCUT2D eigenvalue weighted by Gasteiger charge is 2.27. The van der Waals surface area contributed by atoms with Crippen LogP contribution in [-0.4, -0.2) is 40.4 Å². The number of benzene rings is 2. The van der Waals surface area contributed by atoms with E-state index in [1.807, 2.05) is 47.4 Å². The number of hydrogen-bond donors (Lipinski definition) is 3. The van der Waals surface area contributed by atoms with E-state index in [0.29, 0.717) is 11.6 Å². The number of aliphatic hydroxyl groups excluding tert-OH is 1. The second-order valence-electron chi connectivity index (χ2n) is 7.11. The van der Waals surface area contributed by atoms with Crippen LogP contribution < -0.4 is 15.8 Å². The Morgan fingerprint density at radius 2 is 2.13 bits per heavy atom. The zero-order valence-corrected chi connectivity index (χ0v) is 17.9. The quantitative estimate of drug-likeness (QED) is 0.362. The van der Waals surface area contributed by atoms with Gasteiger partial charge in [0, 0.05) is 18.4 Å². The molecule has 1 saturated heterocycles. The van der Waals surface area contributed by atoms with E-state index in [1.54, 1.807) is 17.4 Å². The minimum atomic E-state index is -0.0158. The van der Waals surface area contributed by atoms with E-state index in [1.165, 1.54) is 6.21 Å². The normalized spacial score (nSPS) is 17.2. The third-order valence-corrected chi connectivity index (χ3v) is 5.98. The number of aromatic nitrogens is 1. The summed E-state index contributed by atoms with van der Waals surface area (Å²) in [5.74, 6) is 1.30. The fraction of sp³-hybridized carbons (Fsp3) is 0.217. The molecule has 2 aromatic carbocycles. The van der Waals surface area contributed by atoms with Gasteiger partial charge in [-0.05, 0) is 49.2 Å². The van der Waals surface area contributed by atoms with Crippen molar-refractivity contribution in [2.75, 3.05) is 18.5 Å². The van der Waals surface area contributed by atoms with Gasteiger partial charge >= 0.3 is 0 Å². The van der Waals surface area contributed by atoms with Gasteiger partial charge in [-0.1, -0.05) is 36.1 Å². The monoisotopic (exact) mass is 435 g/mol. The molecule has 1 aliphatic rings. The lowest BCUT2D eigenvalue weighted by atomic mass is 10.2. The van der Waals surface area contributed by atoms with Crippen LogP contribution in [-0.2, 0) is 0 Å². The molecule has 1 aliphatic heterocycles. The zero-order valence-electron chi connectivity index (χ0n) is 17.1. The number of nitrogens with two attached hydrogens (primary N) is 1. The predicted molar refractivity (Wildman–Crippen MR) is 127 cm³/mol. The molecule has 1 atom stereocenters. The van der Waals surface area contributed by atoms with E-state index in [-0.39, 0.29) is 18.5 Å². The number of thiazole rings is 1. The highest BCUT2D eigenvalue weighted by Crippen LogP contribution is 2.29. The molecular weight excluding hydrogens is 410 g/mol. The first-order valence-corrected chi connectivity index (χ1v) is 10.9. The maximum atomic E-state index is 9.60. The number of nitrogens with one attached hydrogen (secondary N) is 1. The molecule has 0 spiro atoms. The van der Waals surface area contributed by atoms with Crippen LogP contribution in [0.3, 0.4) is 0 Å². The number of aliphatic hydroxyl groups is 1. The zero-order chi connectivity index (χ0) is 21.6. The summed E-state index contributed by atoms with van der Waals surface area (Å²) in [6.07, 6.45) is 4.96. The van der Waals surface area contributed by atoms with Gasteiger partial charge in [-0.15, -0.1) is 0 Å². The van der Waals surface area contributed by atoms with E-state index in [9.17, 15) is 5.11 Å². The van der Waals surface area contributed by atoms with Crippen LogP contribution in [0.15, 0.2) is 77.9 Å². The van der Waals surface area contributed by atoms with E-state index >= 15 is 0 Å². The summed E-state index contributed by atoms with van der Waals surface area (Å²) in [5.41, 5.74) is 8.23. The first-order chi connectivity index (χ1) is 15.2. The number of nitrogens with zero attached hydrogens (tertiary/aromatic N) is 3. The van der Waals surface area contributed by atoms with Crippen LogP contribution in [0.2, 0.25) is 0 Å². The lowest BCUT2D eigenvalue weighted by Crippen LogP contribution is -2.36. The lowest BCUT2D eigenvalue weighted by Gasteiger charge is -2.26. The first-order valence-electron chi connectivity index (χ1n) is 10.1. The Kier molecular flexibility index (Phi) is 6.49. The lowest BCUT2D eigenvalue weighted by molar-refractivity contribution is 0.179. The van der Waals surface area contributed by atoms with Crippen molar-refractivity contribution in [3.63, 3.8) is 0 Å². The molecular formula is C23H25N5O2S. The van der Waals surface area contributed by atoms with E-state index in [4.69, 9.17) is 10.5 Å². The van der Waals surface area contributed by atoms with E-state index < -0.39 is 0 Å². The maximum absolute atomic E-state index is 9.60. The minimum absolute atomic E-state index is 0.0158. The Morgan fingerprint density at radius 3 is 2.87 bits per heavy atom. The first kappa shape index (κ1) is 20.9. The molecule has 4 rings (SSSR count). The van der Waals surface area contributed by atoms with Crippen molar-refractivity contribution in [2.45, 2.75) is 18.9 Å². The highest BCUT2D eigenvalue weighted by molar-refractivity contribution is 7.22. The van der Waals surface area contributed by atoms with Gasteiger partial charge in [0.2, 0.25) is 0 Å². The molecule has 0 bridgehead atoms. The molecule has 4 N–H and O–H groups in total. The SMILES string of the molecule is C=CC=N/C(Oc1ccc(Nc2nc3ccccc3s2)cc1)=C(\N)N1CCC[C@H]1CO. The van der Waals surface area contributed by atoms with Gasteiger partial charge in [-0.25, -0.2) is 9.98 Å². The highest BCUT2D eigenvalue weighted by atomic mass is 32.1. The van der Waals surface area contributed by atoms with Crippen molar-refractivity contribution < 1.29 is 9.84 Å². The average molecular weight is 436 g/mol. The second kappa shape index (κ2) is 9.63. The fourth-order valence-corrected chi connectivity index (χ4v) is 4.38. The third-order valence-electron chi connectivity index (χ3n) is 5.03. The van der Waals surface area contributed by atoms with Gasteiger partial charge in [-0.3, -0.25) is 0 Å². The molecule has 0 saturated carbocycles. The van der Waals surface area contributed by atoms with Crippen molar-refractivity contribution in [1.29, 1.82) is 0 Å². The number of fused-ring (bicyclic) bond motifs is 1. The maximum Gasteiger partial charge on any atom is 0.260 e. The van der Waals surface area contributed by atoms with Crippen molar-refractivity contribution in [3.8, 4) is 5.75 Å². The van der Waals surface area contributed by atoms with Crippen molar-refractivity contribution in [1.82, 2.24) is 9.88 Å². The molecule has 31 heavy (non-hydrogen) atoms. The Balaban J connectivity index is 1.50. The number of rotatable bonds is 8.